The van der Waals surface area contributed by atoms with Crippen molar-refractivity contribution in [2.24, 2.45) is 11.8 Å². The highest BCUT2D eigenvalue weighted by Gasteiger charge is 2.51. The van der Waals surface area contributed by atoms with Crippen molar-refractivity contribution >= 4 is 17.6 Å². The summed E-state index contributed by atoms with van der Waals surface area (Å²) >= 11 is 0. The summed E-state index contributed by atoms with van der Waals surface area (Å²) in [7, 11) is 0. The number of phenols is 11. The Bertz CT molecular complexity index is 3520. The number of phenolic OH excluding ortho intramolecular Hbond substituents is 11. The fourth-order valence-electron chi connectivity index (χ4n) is 10.5. The molecule has 1 fully saturated rings. The summed E-state index contributed by atoms with van der Waals surface area (Å²) < 4.78 is 13.7. The Kier molecular flexibility index (Phi) is 12.9. The summed E-state index contributed by atoms with van der Waals surface area (Å²) in [5, 5.41) is 119. The summed E-state index contributed by atoms with van der Waals surface area (Å²) in [5.74, 6) is -7.88. The lowest BCUT2D eigenvalue weighted by atomic mass is 9.72. The van der Waals surface area contributed by atoms with Crippen LogP contribution in [0.25, 0.3) is 6.08 Å². The van der Waals surface area contributed by atoms with E-state index in [-0.39, 0.29) is 74.5 Å². The first-order valence-corrected chi connectivity index (χ1v) is 23.7. The largest absolute Gasteiger partial charge is 0.508 e. The molecule has 2 heterocycles. The minimum Gasteiger partial charge on any atom is -0.508 e. The van der Waals surface area contributed by atoms with Crippen LogP contribution in [0.5, 0.6) is 69.0 Å². The maximum atomic E-state index is 15.1. The van der Waals surface area contributed by atoms with Crippen LogP contribution in [-0.4, -0.2) is 67.7 Å². The van der Waals surface area contributed by atoms with Gasteiger partial charge in [0.1, 0.15) is 75.1 Å². The Morgan fingerprint density at radius 2 is 1.00 bits per heavy atom. The van der Waals surface area contributed by atoms with E-state index in [1.54, 1.807) is 54.6 Å². The Hall–Kier alpha value is -9.60. The van der Waals surface area contributed by atoms with Crippen LogP contribution >= 0.6 is 0 Å². The van der Waals surface area contributed by atoms with Crippen molar-refractivity contribution in [1.29, 1.82) is 0 Å². The number of ether oxygens (including phenoxy) is 2. The molecule has 0 aromatic heterocycles. The molecule has 75 heavy (non-hydrogen) atoms. The zero-order valence-corrected chi connectivity index (χ0v) is 39.5. The highest BCUT2D eigenvalue weighted by Crippen LogP contribution is 2.60. The topological polar surface area (TPSA) is 275 Å². The minimum atomic E-state index is -1.19. The Morgan fingerprint density at radius 3 is 1.60 bits per heavy atom. The third-order valence-corrected chi connectivity index (χ3v) is 14.0. The van der Waals surface area contributed by atoms with Gasteiger partial charge in [-0.2, -0.15) is 0 Å². The minimum absolute atomic E-state index is 0.0139. The van der Waals surface area contributed by atoms with E-state index in [0.717, 1.165) is 24.3 Å². The fraction of sp³-hybridized carbons (Fsp3) is 0.133. The summed E-state index contributed by atoms with van der Waals surface area (Å²) in [4.78, 5) is 28.4. The lowest BCUT2D eigenvalue weighted by Gasteiger charge is -2.31. The third-order valence-electron chi connectivity index (χ3n) is 14.0. The van der Waals surface area contributed by atoms with E-state index in [0.29, 0.717) is 33.6 Å². The Morgan fingerprint density at radius 1 is 0.467 bits per heavy atom. The van der Waals surface area contributed by atoms with Crippen molar-refractivity contribution in [3.63, 3.8) is 0 Å². The number of benzene rings is 8. The van der Waals surface area contributed by atoms with Gasteiger partial charge in [0.25, 0.3) is 0 Å². The lowest BCUT2D eigenvalue weighted by Crippen LogP contribution is -2.27. The van der Waals surface area contributed by atoms with Crippen LogP contribution in [0.4, 0.5) is 0 Å². The van der Waals surface area contributed by atoms with Crippen LogP contribution in [0, 0.1) is 11.8 Å². The van der Waals surface area contributed by atoms with Crippen molar-refractivity contribution in [1.82, 2.24) is 0 Å². The van der Waals surface area contributed by atoms with E-state index in [1.165, 1.54) is 91.0 Å². The monoisotopic (exact) mass is 1010 g/mol. The maximum absolute atomic E-state index is 15.1. The van der Waals surface area contributed by atoms with Gasteiger partial charge < -0.3 is 65.6 Å². The predicted octanol–water partition coefficient (Wildman–Crippen LogP) is 10.6. The van der Waals surface area contributed by atoms with Crippen LogP contribution in [0.1, 0.15) is 95.4 Å². The van der Waals surface area contributed by atoms with Gasteiger partial charge >= 0.3 is 0 Å². The van der Waals surface area contributed by atoms with Gasteiger partial charge in [-0.05, 0) is 120 Å². The van der Waals surface area contributed by atoms with Crippen molar-refractivity contribution in [3.05, 3.63) is 219 Å². The summed E-state index contributed by atoms with van der Waals surface area (Å²) in [6.45, 7) is 0. The van der Waals surface area contributed by atoms with Crippen LogP contribution in [0.3, 0.4) is 0 Å². The average Bonchev–Trinajstić information content (AvgIpc) is 3.95. The van der Waals surface area contributed by atoms with Crippen molar-refractivity contribution in [2.45, 2.75) is 36.6 Å². The lowest BCUT2D eigenvalue weighted by molar-refractivity contribution is 0.0254. The van der Waals surface area contributed by atoms with Gasteiger partial charge in [0.2, 0.25) is 0 Å². The number of ketones is 2. The molecule has 7 unspecified atom stereocenters. The molecule has 8 aromatic carbocycles. The average molecular weight is 1010 g/mol. The molecule has 11 N–H and O–H groups in total. The van der Waals surface area contributed by atoms with Gasteiger partial charge in [0.15, 0.2) is 11.6 Å². The molecule has 0 radical (unpaired) electrons. The van der Waals surface area contributed by atoms with Gasteiger partial charge in [0.05, 0.1) is 29.3 Å². The molecule has 2 aliphatic heterocycles. The van der Waals surface area contributed by atoms with Gasteiger partial charge in [-0.1, -0.05) is 54.6 Å². The molecule has 2 aliphatic rings. The molecule has 10 rings (SSSR count). The van der Waals surface area contributed by atoms with Crippen molar-refractivity contribution in [3.8, 4) is 69.0 Å². The van der Waals surface area contributed by atoms with E-state index in [9.17, 15) is 61.0 Å². The van der Waals surface area contributed by atoms with Gasteiger partial charge in [0, 0.05) is 64.3 Å². The molecule has 15 nitrogen and oxygen atoms in total. The predicted molar refractivity (Wildman–Crippen MR) is 273 cm³/mol. The maximum Gasteiger partial charge on any atom is 0.189 e. The molecule has 0 bridgehead atoms. The number of rotatable bonds is 13. The van der Waals surface area contributed by atoms with Gasteiger partial charge in [-0.25, -0.2) is 0 Å². The molecule has 8 aromatic rings. The molecule has 0 spiro atoms. The first-order chi connectivity index (χ1) is 36.0. The molecule has 0 saturated carbocycles. The molecule has 0 amide bonds. The van der Waals surface area contributed by atoms with Gasteiger partial charge in [-0.3, -0.25) is 9.59 Å². The first kappa shape index (κ1) is 49.0. The van der Waals surface area contributed by atoms with Crippen molar-refractivity contribution < 1.29 is 75.2 Å². The van der Waals surface area contributed by atoms with Crippen LogP contribution in [-0.2, 0) is 11.2 Å². The number of hydrogen-bond acceptors (Lipinski definition) is 15. The molecule has 7 atom stereocenters. The highest BCUT2D eigenvalue weighted by molar-refractivity contribution is 6.08. The Labute approximate surface area is 428 Å². The van der Waals surface area contributed by atoms with E-state index < -0.39 is 76.5 Å². The van der Waals surface area contributed by atoms with Crippen LogP contribution in [0.2, 0.25) is 0 Å². The molecule has 1 saturated heterocycles. The number of carbonyl (C=O) groups excluding carboxylic acids is 2. The third kappa shape index (κ3) is 9.63. The Balaban J connectivity index is 1.16. The zero-order valence-electron chi connectivity index (χ0n) is 39.5. The fourth-order valence-corrected chi connectivity index (χ4v) is 10.5. The summed E-state index contributed by atoms with van der Waals surface area (Å²) in [6.07, 6.45) is -0.354. The number of allylic oxidation sites excluding steroid dienone is 1. The number of aromatic hydroxyl groups is 11. The number of Topliss-reactive ketones (excluding diaryl/α,β-unsaturated/α-hetero) is 1. The second-order valence-electron chi connectivity index (χ2n) is 18.7. The zero-order chi connectivity index (χ0) is 52.8. The SMILES string of the molecule is O=C(C=Cc1ccc2c(c1)C(C(c1ccc(O)cc1O)c1cc(C3OC(c4ccc(O)cc4)C(C(=O)c4ccc(O)cc4O)C3Cc3ccc(O)cc3)c(O)cc1O)C(c1ccc(O)cc1)O2)c1ccc(O)cc1O. The normalized spacial score (nSPS) is 19.4. The van der Waals surface area contributed by atoms with Crippen molar-refractivity contribution in [2.75, 3.05) is 0 Å². The first-order valence-electron chi connectivity index (χ1n) is 23.7. The van der Waals surface area contributed by atoms with E-state index >= 15 is 4.79 Å². The van der Waals surface area contributed by atoms with E-state index in [2.05, 4.69) is 0 Å². The summed E-state index contributed by atoms with van der Waals surface area (Å²) in [6, 6.07) is 37.6. The molecule has 378 valence electrons. The van der Waals surface area contributed by atoms with E-state index in [4.69, 9.17) is 9.47 Å². The quantitative estimate of drug-likeness (QED) is 0.0379. The highest BCUT2D eigenvalue weighted by atomic mass is 16.5. The number of carbonyl (C=O) groups is 2. The number of fused-ring (bicyclic) bond motifs is 1. The van der Waals surface area contributed by atoms with E-state index in [1.807, 2.05) is 0 Å². The molecular formula is C60H48O15. The number of hydrogen-bond donors (Lipinski definition) is 11. The summed E-state index contributed by atoms with van der Waals surface area (Å²) in [5.41, 5.74) is 2.91. The van der Waals surface area contributed by atoms with Crippen LogP contribution < -0.4 is 4.74 Å². The smallest absolute Gasteiger partial charge is 0.189 e. The standard InChI is InChI=1S/C60H48O15/c61-34-9-1-30(2-10-34)24-46-56(57(73)42-20-17-39(66)27-50(42)70)59(33-7-13-36(63)14-8-33)75-60(46)44-28-43(51(71)29-52(44)72)54(41-19-16-38(65)26-49(41)69)55-45-23-31(3-21-47(67)40-18-15-37(64)25-48(40)68)4-22-53(45)74-58(55)32-5-11-35(62)12-6-32/h1-23,25-29,46,54-56,58-66,68-72H,24H2. The van der Waals surface area contributed by atoms with Crippen LogP contribution in [0.15, 0.2) is 164 Å². The van der Waals surface area contributed by atoms with Gasteiger partial charge in [-0.15, -0.1) is 0 Å². The second-order valence-corrected chi connectivity index (χ2v) is 18.7. The molecule has 15 heteroatoms. The molecule has 0 aliphatic carbocycles. The second kappa shape index (κ2) is 19.8. The molecular weight excluding hydrogens is 961 g/mol.